The number of likely N-dealkylation sites (tertiary alicyclic amines) is 2. The minimum atomic E-state index is -0.421. The van der Waals surface area contributed by atoms with Crippen LogP contribution >= 0.6 is 0 Å². The Hall–Kier alpha value is -1.83. The van der Waals surface area contributed by atoms with Gasteiger partial charge in [0.15, 0.2) is 0 Å². The topological polar surface area (TPSA) is 119 Å². The smallest absolute Gasteiger partial charge is 0.232 e. The number of piperidine rings is 3. The molecule has 58 heavy (non-hydrogen) atoms. The van der Waals surface area contributed by atoms with Crippen LogP contribution in [0.2, 0.25) is 0 Å². The molecule has 0 amide bonds. The van der Waals surface area contributed by atoms with Gasteiger partial charge in [0.1, 0.15) is 0 Å². The van der Waals surface area contributed by atoms with Gasteiger partial charge in [-0.05, 0) is 141 Å². The maximum atomic E-state index is 11.4. The summed E-state index contributed by atoms with van der Waals surface area (Å²) in [4.78, 5) is 29.4. The van der Waals surface area contributed by atoms with E-state index in [0.717, 1.165) is 115 Å². The molecule has 0 bridgehead atoms. The molecular formula is C46H89N9O3. The Balaban J connectivity index is 1.97. The Morgan fingerprint density at radius 3 is 0.931 bits per heavy atom. The standard InChI is InChI=1S/C46H89N9O3/c1-16-19-22-50(35-29-41(4,5)53(25-27-56)42(6,7)30-35)38-47-39(51(23-20-17-2)36-31-43(8,9)54(26-28-57)44(10,11)32-36)49-40(48-38)52(24-21-18-3)37-33-45(12,13)55(58)46(14,15)34-37/h35-37,56-58H,16-34H2,1-15H3. The number of hydroxylamine groups is 2. The summed E-state index contributed by atoms with van der Waals surface area (Å²) in [5, 5.41) is 33.2. The summed E-state index contributed by atoms with van der Waals surface area (Å²) < 4.78 is 0. The second-order valence-corrected chi connectivity index (χ2v) is 22.0. The molecule has 0 spiro atoms. The quantitative estimate of drug-likeness (QED) is 0.125. The fraction of sp³-hybridized carbons (Fsp3) is 0.935. The molecule has 0 aromatic carbocycles. The molecule has 0 saturated carbocycles. The van der Waals surface area contributed by atoms with Crippen LogP contribution in [0.15, 0.2) is 0 Å². The zero-order valence-corrected chi connectivity index (χ0v) is 40.0. The van der Waals surface area contributed by atoms with Crippen molar-refractivity contribution in [2.75, 3.05) is 60.6 Å². The summed E-state index contributed by atoms with van der Waals surface area (Å²) in [6.45, 7) is 38.3. The maximum Gasteiger partial charge on any atom is 0.232 e. The van der Waals surface area contributed by atoms with Gasteiger partial charge in [0.2, 0.25) is 17.8 Å². The van der Waals surface area contributed by atoms with Gasteiger partial charge in [-0.2, -0.15) is 20.0 Å². The average Bonchev–Trinajstić information content (AvgIpc) is 3.10. The lowest BCUT2D eigenvalue weighted by atomic mass is 9.76. The van der Waals surface area contributed by atoms with Crippen molar-refractivity contribution in [3.63, 3.8) is 0 Å². The highest BCUT2D eigenvalue weighted by Gasteiger charge is 2.50. The molecule has 3 fully saturated rings. The zero-order chi connectivity index (χ0) is 43.5. The largest absolute Gasteiger partial charge is 0.395 e. The molecule has 12 heteroatoms. The molecule has 0 atom stereocenters. The lowest BCUT2D eigenvalue weighted by molar-refractivity contribution is -0.244. The van der Waals surface area contributed by atoms with E-state index in [9.17, 15) is 15.4 Å². The number of aromatic nitrogens is 3. The number of hydrogen-bond donors (Lipinski definition) is 3. The van der Waals surface area contributed by atoms with E-state index in [0.29, 0.717) is 13.1 Å². The molecule has 1 aromatic heterocycles. The normalized spacial score (nSPS) is 23.9. The summed E-state index contributed by atoms with van der Waals surface area (Å²) >= 11 is 0. The monoisotopic (exact) mass is 816 g/mol. The van der Waals surface area contributed by atoms with Gasteiger partial charge in [0.05, 0.1) is 13.2 Å². The molecule has 0 radical (unpaired) electrons. The van der Waals surface area contributed by atoms with Crippen molar-refractivity contribution in [3.8, 4) is 0 Å². The second-order valence-electron chi connectivity index (χ2n) is 22.0. The molecule has 0 aliphatic carbocycles. The number of hydrogen-bond acceptors (Lipinski definition) is 12. The number of rotatable bonds is 19. The molecule has 3 N–H and O–H groups in total. The average molecular weight is 816 g/mol. The third-order valence-electron chi connectivity index (χ3n) is 14.1. The highest BCUT2D eigenvalue weighted by molar-refractivity contribution is 5.49. The Bertz CT molecular complexity index is 1320. The van der Waals surface area contributed by atoms with Crippen LogP contribution in [-0.2, 0) is 0 Å². The van der Waals surface area contributed by atoms with Crippen LogP contribution in [-0.4, -0.2) is 143 Å². The van der Waals surface area contributed by atoms with Gasteiger partial charge in [-0.15, -0.1) is 0 Å². The minimum Gasteiger partial charge on any atom is -0.395 e. The first-order chi connectivity index (χ1) is 26.9. The van der Waals surface area contributed by atoms with Gasteiger partial charge in [0, 0.05) is 84.1 Å². The van der Waals surface area contributed by atoms with Gasteiger partial charge in [-0.1, -0.05) is 40.0 Å². The van der Waals surface area contributed by atoms with Crippen molar-refractivity contribution in [1.82, 2.24) is 29.8 Å². The van der Waals surface area contributed by atoms with Gasteiger partial charge in [-0.3, -0.25) is 9.80 Å². The Morgan fingerprint density at radius 2 is 0.707 bits per heavy atom. The molecule has 3 saturated heterocycles. The Kier molecular flexibility index (Phi) is 16.0. The molecule has 3 aliphatic heterocycles. The van der Waals surface area contributed by atoms with Crippen molar-refractivity contribution in [1.29, 1.82) is 0 Å². The molecule has 0 unspecified atom stereocenters. The lowest BCUT2D eigenvalue weighted by Gasteiger charge is -2.57. The second kappa shape index (κ2) is 19.1. The van der Waals surface area contributed by atoms with Crippen LogP contribution in [0.25, 0.3) is 0 Å². The van der Waals surface area contributed by atoms with E-state index >= 15 is 0 Å². The SMILES string of the molecule is CCCCN(c1nc(N(CCCC)C2CC(C)(C)N(CCO)C(C)(C)C2)nc(N(CCCC)C2CC(C)(C)N(CCO)C(C)(C)C2)n1)C1CC(C)(C)N(O)C(C)(C)C1. The number of β-amino-alcohol motifs (C(OH)–C–C–N with tert-alkyl or cyclic N) is 2. The highest BCUT2D eigenvalue weighted by Crippen LogP contribution is 2.44. The molecule has 12 nitrogen and oxygen atoms in total. The molecule has 3 aliphatic rings. The van der Waals surface area contributed by atoms with E-state index in [1.807, 2.05) is 0 Å². The fourth-order valence-corrected chi connectivity index (χ4v) is 11.9. The molecule has 4 rings (SSSR count). The molecule has 336 valence electrons. The van der Waals surface area contributed by atoms with Crippen molar-refractivity contribution in [2.45, 2.75) is 232 Å². The van der Waals surface area contributed by atoms with E-state index in [1.54, 1.807) is 5.06 Å². The fourth-order valence-electron chi connectivity index (χ4n) is 11.9. The number of aliphatic hydroxyl groups is 2. The third-order valence-corrected chi connectivity index (χ3v) is 14.1. The summed E-state index contributed by atoms with van der Waals surface area (Å²) in [5.74, 6) is 2.31. The van der Waals surface area contributed by atoms with E-state index in [1.165, 1.54) is 0 Å². The third kappa shape index (κ3) is 11.0. The molecular weight excluding hydrogens is 727 g/mol. The van der Waals surface area contributed by atoms with Crippen LogP contribution in [0.3, 0.4) is 0 Å². The van der Waals surface area contributed by atoms with Crippen molar-refractivity contribution < 1.29 is 15.4 Å². The van der Waals surface area contributed by atoms with Crippen molar-refractivity contribution in [3.05, 3.63) is 0 Å². The summed E-state index contributed by atoms with van der Waals surface area (Å²) in [6, 6.07) is 0.547. The van der Waals surface area contributed by atoms with Crippen LogP contribution < -0.4 is 14.7 Å². The number of unbranched alkanes of at least 4 members (excludes halogenated alkanes) is 3. The first kappa shape index (κ1) is 48.8. The van der Waals surface area contributed by atoms with Crippen molar-refractivity contribution >= 4 is 17.8 Å². The summed E-state index contributed by atoms with van der Waals surface area (Å²) in [6.07, 6.45) is 11.7. The zero-order valence-electron chi connectivity index (χ0n) is 40.0. The van der Waals surface area contributed by atoms with Gasteiger partial charge in [-0.25, -0.2) is 0 Å². The lowest BCUT2D eigenvalue weighted by Crippen LogP contribution is -2.65. The van der Waals surface area contributed by atoms with Gasteiger partial charge in [0.25, 0.3) is 0 Å². The van der Waals surface area contributed by atoms with E-state index in [-0.39, 0.29) is 53.5 Å². The predicted molar refractivity (Wildman–Crippen MR) is 241 cm³/mol. The van der Waals surface area contributed by atoms with Gasteiger partial charge >= 0.3 is 0 Å². The minimum absolute atomic E-state index is 0.131. The number of nitrogens with zero attached hydrogens (tertiary/aromatic N) is 9. The van der Waals surface area contributed by atoms with Crippen LogP contribution in [0.1, 0.15) is 181 Å². The number of anilines is 3. The van der Waals surface area contributed by atoms with Crippen LogP contribution in [0, 0.1) is 0 Å². The van der Waals surface area contributed by atoms with E-state index < -0.39 is 11.1 Å². The maximum absolute atomic E-state index is 11.4. The molecule has 4 heterocycles. The van der Waals surface area contributed by atoms with E-state index in [2.05, 4.69) is 128 Å². The Morgan fingerprint density at radius 1 is 0.466 bits per heavy atom. The van der Waals surface area contributed by atoms with Crippen molar-refractivity contribution in [2.24, 2.45) is 0 Å². The van der Waals surface area contributed by atoms with E-state index in [4.69, 9.17) is 15.0 Å². The first-order valence-electron chi connectivity index (χ1n) is 23.2. The number of aliphatic hydroxyl groups excluding tert-OH is 2. The van der Waals surface area contributed by atoms with Crippen LogP contribution in [0.5, 0.6) is 0 Å². The van der Waals surface area contributed by atoms with Gasteiger partial charge < -0.3 is 30.1 Å². The highest BCUT2D eigenvalue weighted by atomic mass is 16.5. The summed E-state index contributed by atoms with van der Waals surface area (Å²) in [7, 11) is 0. The Labute approximate surface area is 355 Å². The first-order valence-corrected chi connectivity index (χ1v) is 23.2. The van der Waals surface area contributed by atoms with Crippen LogP contribution in [0.4, 0.5) is 17.8 Å². The molecule has 1 aromatic rings. The predicted octanol–water partition coefficient (Wildman–Crippen LogP) is 8.13. The summed E-state index contributed by atoms with van der Waals surface area (Å²) in [5.41, 5.74) is -1.37.